The number of nitrogens with zero attached hydrogens (tertiary/aromatic N) is 1. The number of hydrogen-bond donors (Lipinski definition) is 0. The van der Waals surface area contributed by atoms with Crippen LogP contribution in [0.5, 0.6) is 0 Å². The van der Waals surface area contributed by atoms with Gasteiger partial charge in [0.15, 0.2) is 0 Å². The van der Waals surface area contributed by atoms with Crippen LogP contribution in [-0.4, -0.2) is 12.6 Å². The Balaban J connectivity index is 3.45. The molecule has 0 radical (unpaired) electrons. The molecule has 0 aromatic heterocycles. The Labute approximate surface area is 105 Å². The SMILES string of the molecule is CCOC(=O)c1c(C(F)F)ccc(Br)c1C#N. The first-order chi connectivity index (χ1) is 8.02. The van der Waals surface area contributed by atoms with Crippen LogP contribution in [0.3, 0.4) is 0 Å². The van der Waals surface area contributed by atoms with Crippen molar-refractivity contribution in [2.75, 3.05) is 6.61 Å². The molecule has 0 aliphatic rings. The van der Waals surface area contributed by atoms with Gasteiger partial charge in [0.05, 0.1) is 17.7 Å². The zero-order chi connectivity index (χ0) is 13.0. The molecular formula is C11H8BrF2NO2. The molecule has 0 bridgehead atoms. The molecule has 90 valence electrons. The molecule has 0 N–H and O–H groups in total. The van der Waals surface area contributed by atoms with Gasteiger partial charge in [-0.15, -0.1) is 0 Å². The van der Waals surface area contributed by atoms with Gasteiger partial charge in [0.2, 0.25) is 0 Å². The molecule has 6 heteroatoms. The number of halogens is 3. The summed E-state index contributed by atoms with van der Waals surface area (Å²) in [6.07, 6.45) is -2.84. The fourth-order valence-corrected chi connectivity index (χ4v) is 1.73. The summed E-state index contributed by atoms with van der Waals surface area (Å²) < 4.78 is 30.4. The molecule has 0 saturated carbocycles. The summed E-state index contributed by atoms with van der Waals surface area (Å²) in [5.74, 6) is -0.916. The van der Waals surface area contributed by atoms with E-state index in [-0.39, 0.29) is 22.2 Å². The first-order valence-corrected chi connectivity index (χ1v) is 5.50. The fraction of sp³-hybridized carbons (Fsp3) is 0.273. The third kappa shape index (κ3) is 2.80. The Kier molecular flexibility index (Phi) is 4.58. The van der Waals surface area contributed by atoms with Crippen LogP contribution in [0.1, 0.15) is 34.8 Å². The highest BCUT2D eigenvalue weighted by molar-refractivity contribution is 9.10. The molecule has 1 rings (SSSR count). The Morgan fingerprint density at radius 2 is 2.24 bits per heavy atom. The maximum atomic E-state index is 12.7. The average molecular weight is 304 g/mol. The summed E-state index contributed by atoms with van der Waals surface area (Å²) in [4.78, 5) is 11.6. The quantitative estimate of drug-likeness (QED) is 0.804. The van der Waals surface area contributed by atoms with E-state index in [1.807, 2.05) is 0 Å². The van der Waals surface area contributed by atoms with Gasteiger partial charge >= 0.3 is 5.97 Å². The van der Waals surface area contributed by atoms with Gasteiger partial charge in [-0.1, -0.05) is 6.07 Å². The van der Waals surface area contributed by atoms with Crippen molar-refractivity contribution < 1.29 is 18.3 Å². The predicted octanol–water partition coefficient (Wildman–Crippen LogP) is 3.44. The highest BCUT2D eigenvalue weighted by Gasteiger charge is 2.24. The molecule has 1 aromatic carbocycles. The molecule has 0 saturated heterocycles. The minimum Gasteiger partial charge on any atom is -0.462 e. The number of hydrogen-bond acceptors (Lipinski definition) is 3. The maximum absolute atomic E-state index is 12.7. The zero-order valence-corrected chi connectivity index (χ0v) is 10.4. The smallest absolute Gasteiger partial charge is 0.340 e. The molecular weight excluding hydrogens is 296 g/mol. The molecule has 0 fully saturated rings. The Morgan fingerprint density at radius 1 is 1.59 bits per heavy atom. The van der Waals surface area contributed by atoms with E-state index in [0.717, 1.165) is 6.07 Å². The lowest BCUT2D eigenvalue weighted by atomic mass is 10.0. The maximum Gasteiger partial charge on any atom is 0.340 e. The molecule has 0 atom stereocenters. The van der Waals surface area contributed by atoms with E-state index in [1.165, 1.54) is 6.07 Å². The molecule has 0 heterocycles. The van der Waals surface area contributed by atoms with Gasteiger partial charge in [-0.05, 0) is 28.9 Å². The predicted molar refractivity (Wildman–Crippen MR) is 59.8 cm³/mol. The fourth-order valence-electron chi connectivity index (χ4n) is 1.31. The Morgan fingerprint density at radius 3 is 2.71 bits per heavy atom. The Hall–Kier alpha value is -1.48. The molecule has 0 aliphatic carbocycles. The van der Waals surface area contributed by atoms with Crippen LogP contribution in [0.2, 0.25) is 0 Å². The van der Waals surface area contributed by atoms with Crippen LogP contribution in [0.15, 0.2) is 16.6 Å². The lowest BCUT2D eigenvalue weighted by molar-refractivity contribution is 0.0515. The van der Waals surface area contributed by atoms with Gasteiger partial charge in [0.1, 0.15) is 6.07 Å². The normalized spacial score (nSPS) is 10.1. The van der Waals surface area contributed by atoms with E-state index in [4.69, 9.17) is 5.26 Å². The monoisotopic (exact) mass is 303 g/mol. The lowest BCUT2D eigenvalue weighted by Gasteiger charge is -2.10. The second-order valence-electron chi connectivity index (χ2n) is 3.02. The van der Waals surface area contributed by atoms with E-state index in [1.54, 1.807) is 13.0 Å². The van der Waals surface area contributed by atoms with Crippen molar-refractivity contribution in [3.8, 4) is 6.07 Å². The van der Waals surface area contributed by atoms with Crippen molar-refractivity contribution in [1.29, 1.82) is 5.26 Å². The largest absolute Gasteiger partial charge is 0.462 e. The first-order valence-electron chi connectivity index (χ1n) is 4.70. The van der Waals surface area contributed by atoms with E-state index in [2.05, 4.69) is 20.7 Å². The van der Waals surface area contributed by atoms with Gasteiger partial charge in [0, 0.05) is 10.0 Å². The van der Waals surface area contributed by atoms with E-state index in [9.17, 15) is 13.6 Å². The van der Waals surface area contributed by atoms with Crippen molar-refractivity contribution in [3.63, 3.8) is 0 Å². The van der Waals surface area contributed by atoms with Gasteiger partial charge in [-0.2, -0.15) is 5.26 Å². The van der Waals surface area contributed by atoms with Crippen LogP contribution in [0.4, 0.5) is 8.78 Å². The third-order valence-electron chi connectivity index (χ3n) is 2.01. The van der Waals surface area contributed by atoms with E-state index in [0.29, 0.717) is 0 Å². The number of esters is 1. The minimum absolute atomic E-state index is 0.0545. The van der Waals surface area contributed by atoms with Crippen LogP contribution in [-0.2, 0) is 4.74 Å². The molecule has 3 nitrogen and oxygen atoms in total. The summed E-state index contributed by atoms with van der Waals surface area (Å²) in [5.41, 5.74) is -1.01. The van der Waals surface area contributed by atoms with Crippen LogP contribution < -0.4 is 0 Å². The zero-order valence-electron chi connectivity index (χ0n) is 8.84. The second-order valence-corrected chi connectivity index (χ2v) is 3.87. The second kappa shape index (κ2) is 5.73. The van der Waals surface area contributed by atoms with Crippen LogP contribution in [0, 0.1) is 11.3 Å². The van der Waals surface area contributed by atoms with Gasteiger partial charge in [-0.25, -0.2) is 13.6 Å². The summed E-state index contributed by atoms with van der Waals surface area (Å²) in [6.45, 7) is 1.61. The van der Waals surface area contributed by atoms with Crippen molar-refractivity contribution >= 4 is 21.9 Å². The first kappa shape index (κ1) is 13.6. The van der Waals surface area contributed by atoms with Crippen molar-refractivity contribution in [3.05, 3.63) is 33.3 Å². The topological polar surface area (TPSA) is 50.1 Å². The molecule has 0 amide bonds. The number of carbonyl (C=O) groups is 1. The van der Waals surface area contributed by atoms with Crippen molar-refractivity contribution in [1.82, 2.24) is 0 Å². The summed E-state index contributed by atoms with van der Waals surface area (Å²) in [7, 11) is 0. The number of rotatable bonds is 3. The minimum atomic E-state index is -2.84. The van der Waals surface area contributed by atoms with E-state index >= 15 is 0 Å². The molecule has 1 aromatic rings. The van der Waals surface area contributed by atoms with Crippen LogP contribution in [0.25, 0.3) is 0 Å². The van der Waals surface area contributed by atoms with Crippen LogP contribution >= 0.6 is 15.9 Å². The molecule has 0 unspecified atom stereocenters. The number of carbonyl (C=O) groups excluding carboxylic acids is 1. The molecule has 0 spiro atoms. The lowest BCUT2D eigenvalue weighted by Crippen LogP contribution is -2.11. The Bertz CT molecular complexity index is 483. The highest BCUT2D eigenvalue weighted by Crippen LogP contribution is 2.30. The number of benzene rings is 1. The van der Waals surface area contributed by atoms with E-state index < -0.39 is 18.0 Å². The highest BCUT2D eigenvalue weighted by atomic mass is 79.9. The van der Waals surface area contributed by atoms with Gasteiger partial charge < -0.3 is 4.74 Å². The van der Waals surface area contributed by atoms with Crippen molar-refractivity contribution in [2.24, 2.45) is 0 Å². The van der Waals surface area contributed by atoms with Gasteiger partial charge in [0.25, 0.3) is 6.43 Å². The number of nitriles is 1. The standard InChI is InChI=1S/C11H8BrF2NO2/c1-2-17-11(16)9-6(10(13)14)3-4-8(12)7(9)5-15/h3-4,10H,2H2,1H3. The summed E-state index contributed by atoms with van der Waals surface area (Å²) in [6, 6.07) is 4.12. The molecule has 17 heavy (non-hydrogen) atoms. The third-order valence-corrected chi connectivity index (χ3v) is 2.67. The van der Waals surface area contributed by atoms with Gasteiger partial charge in [-0.3, -0.25) is 0 Å². The average Bonchev–Trinajstić information content (AvgIpc) is 2.28. The molecule has 0 aliphatic heterocycles. The van der Waals surface area contributed by atoms with Crippen molar-refractivity contribution in [2.45, 2.75) is 13.3 Å². The number of alkyl halides is 2. The summed E-state index contributed by atoms with van der Waals surface area (Å²) in [5, 5.41) is 8.89. The number of ether oxygens (including phenoxy) is 1. The summed E-state index contributed by atoms with van der Waals surface area (Å²) >= 11 is 3.03.